The Labute approximate surface area is 197 Å². The zero-order valence-corrected chi connectivity index (χ0v) is 19.1. The number of nitrogens with one attached hydrogen (secondary N) is 1. The molecule has 0 atom stereocenters. The Morgan fingerprint density at radius 3 is 2.50 bits per heavy atom. The van der Waals surface area contributed by atoms with Crippen molar-refractivity contribution in [3.05, 3.63) is 82.8 Å². The Morgan fingerprint density at radius 1 is 1.09 bits per heavy atom. The Morgan fingerprint density at radius 2 is 1.85 bits per heavy atom. The first-order valence-electron chi connectivity index (χ1n) is 10.4. The summed E-state index contributed by atoms with van der Waals surface area (Å²) in [6.45, 7) is 3.77. The smallest absolute Gasteiger partial charge is 0.349 e. The molecule has 174 valence electrons. The van der Waals surface area contributed by atoms with Gasteiger partial charge in [0.25, 0.3) is 5.91 Å². The van der Waals surface area contributed by atoms with E-state index >= 15 is 0 Å². The topological polar surface area (TPSA) is 111 Å². The lowest BCUT2D eigenvalue weighted by molar-refractivity contribution is -0.136. The maximum absolute atomic E-state index is 12.3. The van der Waals surface area contributed by atoms with Gasteiger partial charge in [0.05, 0.1) is 19.9 Å². The third kappa shape index (κ3) is 6.74. The van der Waals surface area contributed by atoms with Gasteiger partial charge in [0.2, 0.25) is 0 Å². The molecular formula is C26H24N2O6. The van der Waals surface area contributed by atoms with Crippen LogP contribution in [0.4, 0.5) is 0 Å². The van der Waals surface area contributed by atoms with E-state index in [0.717, 1.165) is 11.1 Å². The van der Waals surface area contributed by atoms with Gasteiger partial charge in [-0.25, -0.2) is 4.79 Å². The molecule has 3 aromatic rings. The van der Waals surface area contributed by atoms with E-state index in [1.807, 2.05) is 38.1 Å². The van der Waals surface area contributed by atoms with Crippen LogP contribution in [0.2, 0.25) is 0 Å². The van der Waals surface area contributed by atoms with Crippen LogP contribution in [0.25, 0.3) is 6.08 Å². The first-order chi connectivity index (χ1) is 16.4. The molecule has 3 rings (SSSR count). The van der Waals surface area contributed by atoms with Crippen molar-refractivity contribution in [2.24, 2.45) is 0 Å². The standard InChI is InChI=1S/C26H24N2O6/c1-17-9-18(2)11-22(10-17)33-16-25(29)34-23-7-6-19(13-24(23)31-3)12-20(14-27)26(30)28-15-21-5-4-8-32-21/h4-13H,15-16H2,1-3H3,(H,28,30)/b20-12+. The predicted molar refractivity (Wildman–Crippen MR) is 124 cm³/mol. The van der Waals surface area contributed by atoms with Gasteiger partial charge in [-0.2, -0.15) is 5.26 Å². The molecule has 0 saturated heterocycles. The number of nitriles is 1. The van der Waals surface area contributed by atoms with E-state index in [-0.39, 0.29) is 30.2 Å². The first kappa shape index (κ1) is 24.1. The Bertz CT molecular complexity index is 1220. The Kier molecular flexibility index (Phi) is 8.08. The van der Waals surface area contributed by atoms with Gasteiger partial charge in [-0.05, 0) is 73.0 Å². The largest absolute Gasteiger partial charge is 0.493 e. The van der Waals surface area contributed by atoms with Gasteiger partial charge >= 0.3 is 5.97 Å². The minimum atomic E-state index is -0.601. The number of ether oxygens (including phenoxy) is 3. The van der Waals surface area contributed by atoms with Gasteiger partial charge < -0.3 is 23.9 Å². The summed E-state index contributed by atoms with van der Waals surface area (Å²) in [5.41, 5.74) is 2.48. The molecule has 1 amide bonds. The molecule has 0 bridgehead atoms. The summed E-state index contributed by atoms with van der Waals surface area (Å²) in [5, 5.41) is 12.0. The van der Waals surface area contributed by atoms with Gasteiger partial charge in [-0.3, -0.25) is 4.79 Å². The summed E-state index contributed by atoms with van der Waals surface area (Å²) in [7, 11) is 1.42. The van der Waals surface area contributed by atoms with Crippen molar-refractivity contribution in [1.82, 2.24) is 5.32 Å². The number of hydrogen-bond acceptors (Lipinski definition) is 7. The highest BCUT2D eigenvalue weighted by Crippen LogP contribution is 2.29. The summed E-state index contributed by atoms with van der Waals surface area (Å²) < 4.78 is 21.4. The van der Waals surface area contributed by atoms with E-state index < -0.39 is 11.9 Å². The summed E-state index contributed by atoms with van der Waals surface area (Å²) in [5.74, 6) is 0.458. The number of esters is 1. The van der Waals surface area contributed by atoms with Crippen molar-refractivity contribution in [2.75, 3.05) is 13.7 Å². The molecule has 0 aliphatic rings. The summed E-state index contributed by atoms with van der Waals surface area (Å²) in [4.78, 5) is 24.6. The average molecular weight is 460 g/mol. The van der Waals surface area contributed by atoms with Crippen molar-refractivity contribution >= 4 is 18.0 Å². The van der Waals surface area contributed by atoms with E-state index in [9.17, 15) is 14.9 Å². The molecule has 0 saturated carbocycles. The first-order valence-corrected chi connectivity index (χ1v) is 10.4. The van der Waals surface area contributed by atoms with Crippen LogP contribution in [0.1, 0.15) is 22.5 Å². The van der Waals surface area contributed by atoms with Crippen LogP contribution in [0, 0.1) is 25.2 Å². The SMILES string of the molecule is COc1cc(/C=C(\C#N)C(=O)NCc2ccco2)ccc1OC(=O)COc1cc(C)cc(C)c1. The molecule has 0 aliphatic carbocycles. The van der Waals surface area contributed by atoms with E-state index in [1.165, 1.54) is 25.5 Å². The van der Waals surface area contributed by atoms with Crippen LogP contribution in [0.3, 0.4) is 0 Å². The van der Waals surface area contributed by atoms with Crippen LogP contribution >= 0.6 is 0 Å². The maximum Gasteiger partial charge on any atom is 0.349 e. The molecule has 1 aromatic heterocycles. The number of benzene rings is 2. The third-order valence-corrected chi connectivity index (χ3v) is 4.64. The molecular weight excluding hydrogens is 436 g/mol. The molecule has 0 fully saturated rings. The molecule has 1 N–H and O–H groups in total. The van der Waals surface area contributed by atoms with E-state index in [4.69, 9.17) is 18.6 Å². The van der Waals surface area contributed by atoms with Gasteiger partial charge in [-0.15, -0.1) is 0 Å². The summed E-state index contributed by atoms with van der Waals surface area (Å²) in [6.07, 6.45) is 2.91. The molecule has 2 aromatic carbocycles. The summed E-state index contributed by atoms with van der Waals surface area (Å²) >= 11 is 0. The minimum Gasteiger partial charge on any atom is -0.493 e. The van der Waals surface area contributed by atoms with Crippen LogP contribution in [-0.2, 0) is 16.1 Å². The van der Waals surface area contributed by atoms with E-state index in [2.05, 4.69) is 5.32 Å². The number of carbonyl (C=O) groups is 2. The quantitative estimate of drug-likeness (QED) is 0.221. The highest BCUT2D eigenvalue weighted by Gasteiger charge is 2.14. The number of nitrogens with zero attached hydrogens (tertiary/aromatic N) is 1. The number of furan rings is 1. The van der Waals surface area contributed by atoms with Gasteiger partial charge in [0, 0.05) is 0 Å². The van der Waals surface area contributed by atoms with Gasteiger partial charge in [0.15, 0.2) is 18.1 Å². The monoisotopic (exact) mass is 460 g/mol. The van der Waals surface area contributed by atoms with Crippen molar-refractivity contribution < 1.29 is 28.2 Å². The predicted octanol–water partition coefficient (Wildman–Crippen LogP) is 4.11. The second-order valence-electron chi connectivity index (χ2n) is 7.43. The lowest BCUT2D eigenvalue weighted by atomic mass is 10.1. The Hall–Kier alpha value is -4.51. The van der Waals surface area contributed by atoms with Gasteiger partial charge in [-0.1, -0.05) is 12.1 Å². The molecule has 1 heterocycles. The van der Waals surface area contributed by atoms with Crippen LogP contribution in [0.5, 0.6) is 17.2 Å². The van der Waals surface area contributed by atoms with Crippen molar-refractivity contribution in [2.45, 2.75) is 20.4 Å². The lowest BCUT2D eigenvalue weighted by Gasteiger charge is -2.11. The zero-order chi connectivity index (χ0) is 24.5. The number of rotatable bonds is 9. The minimum absolute atomic E-state index is 0.0970. The van der Waals surface area contributed by atoms with Gasteiger partial charge in [0.1, 0.15) is 23.2 Å². The number of carbonyl (C=O) groups excluding carboxylic acids is 2. The molecule has 0 spiro atoms. The zero-order valence-electron chi connectivity index (χ0n) is 19.1. The molecule has 34 heavy (non-hydrogen) atoms. The van der Waals surface area contributed by atoms with Crippen molar-refractivity contribution in [1.29, 1.82) is 5.26 Å². The number of hydrogen-bond donors (Lipinski definition) is 1. The number of aryl methyl sites for hydroxylation is 2. The normalized spacial score (nSPS) is 10.8. The maximum atomic E-state index is 12.3. The van der Waals surface area contributed by atoms with Crippen LogP contribution in [-0.4, -0.2) is 25.6 Å². The fourth-order valence-electron chi connectivity index (χ4n) is 3.16. The summed E-state index contributed by atoms with van der Waals surface area (Å²) in [6, 6.07) is 15.7. The van der Waals surface area contributed by atoms with Crippen molar-refractivity contribution in [3.63, 3.8) is 0 Å². The second-order valence-corrected chi connectivity index (χ2v) is 7.43. The van der Waals surface area contributed by atoms with Crippen LogP contribution in [0.15, 0.2) is 64.8 Å². The van der Waals surface area contributed by atoms with Crippen LogP contribution < -0.4 is 19.5 Å². The van der Waals surface area contributed by atoms with Crippen molar-refractivity contribution in [3.8, 4) is 23.3 Å². The second kappa shape index (κ2) is 11.4. The molecule has 0 aliphatic heterocycles. The molecule has 8 heteroatoms. The molecule has 0 unspecified atom stereocenters. The fourth-order valence-corrected chi connectivity index (χ4v) is 3.16. The lowest BCUT2D eigenvalue weighted by Crippen LogP contribution is -2.23. The number of amides is 1. The molecule has 0 radical (unpaired) electrons. The van der Waals surface area contributed by atoms with E-state index in [1.54, 1.807) is 24.3 Å². The van der Waals surface area contributed by atoms with E-state index in [0.29, 0.717) is 17.1 Å². The average Bonchev–Trinajstić information content (AvgIpc) is 3.33. The number of methoxy groups -OCH3 is 1. The fraction of sp³-hybridized carbons (Fsp3) is 0.192. The highest BCUT2D eigenvalue weighted by molar-refractivity contribution is 6.01. The Balaban J connectivity index is 1.64. The molecule has 8 nitrogen and oxygen atoms in total. The highest BCUT2D eigenvalue weighted by atomic mass is 16.6. The third-order valence-electron chi connectivity index (χ3n) is 4.64.